The van der Waals surface area contributed by atoms with E-state index in [1.165, 1.54) is 25.9 Å². The van der Waals surface area contributed by atoms with Crippen LogP contribution in [-0.4, -0.2) is 49.6 Å². The smallest absolute Gasteiger partial charge is 0.191 e. The number of guanidine groups is 1. The lowest BCUT2D eigenvalue weighted by molar-refractivity contribution is 0.147. The Morgan fingerprint density at radius 1 is 1.29 bits per heavy atom. The minimum Gasteiger partial charge on any atom is -0.355 e. The Morgan fingerprint density at radius 3 is 2.48 bits per heavy atom. The van der Waals surface area contributed by atoms with Crippen molar-refractivity contribution < 1.29 is 0 Å². The molecular weight excluding hydrogens is 375 g/mol. The molecule has 4 nitrogen and oxygen atoms in total. The molecule has 0 aromatic carbocycles. The molecule has 1 fully saturated rings. The van der Waals surface area contributed by atoms with Crippen LogP contribution in [0.3, 0.4) is 0 Å². The molecule has 0 bridgehead atoms. The molecule has 0 aromatic rings. The van der Waals surface area contributed by atoms with Gasteiger partial charge in [-0.25, -0.2) is 0 Å². The molecule has 0 saturated carbocycles. The Bertz CT molecular complexity index is 340. The molecule has 1 heterocycles. The van der Waals surface area contributed by atoms with Gasteiger partial charge in [0.15, 0.2) is 5.96 Å². The molecule has 1 unspecified atom stereocenters. The molecule has 2 rings (SSSR count). The highest BCUT2D eigenvalue weighted by Gasteiger charge is 2.20. The van der Waals surface area contributed by atoms with E-state index < -0.39 is 0 Å². The lowest BCUT2D eigenvalue weighted by Crippen LogP contribution is -2.49. The van der Waals surface area contributed by atoms with Crippen molar-refractivity contribution in [1.29, 1.82) is 0 Å². The number of aliphatic imine (C=N–C) groups is 1. The lowest BCUT2D eigenvalue weighted by Gasteiger charge is -2.35. The summed E-state index contributed by atoms with van der Waals surface area (Å²) in [5.41, 5.74) is 0. The predicted octanol–water partition coefficient (Wildman–Crippen LogP) is 2.61. The van der Waals surface area contributed by atoms with Crippen molar-refractivity contribution in [2.75, 3.05) is 26.7 Å². The minimum absolute atomic E-state index is 0. The largest absolute Gasteiger partial charge is 0.355 e. The molecule has 0 radical (unpaired) electrons. The number of piperidine rings is 1. The first-order valence-electron chi connectivity index (χ1n) is 8.05. The summed E-state index contributed by atoms with van der Waals surface area (Å²) in [4.78, 5) is 6.92. The number of hydrogen-bond acceptors (Lipinski definition) is 2. The summed E-state index contributed by atoms with van der Waals surface area (Å²) in [6, 6.07) is 1.09. The van der Waals surface area contributed by atoms with Crippen molar-refractivity contribution in [2.24, 2.45) is 10.9 Å². The maximum atomic E-state index is 4.33. The molecule has 0 aromatic heterocycles. The fourth-order valence-electron chi connectivity index (χ4n) is 2.97. The molecule has 0 amide bonds. The normalized spacial score (nSPS) is 22.9. The number of nitrogens with zero attached hydrogens (tertiary/aromatic N) is 2. The summed E-state index contributed by atoms with van der Waals surface area (Å²) < 4.78 is 0. The van der Waals surface area contributed by atoms with Gasteiger partial charge in [-0.3, -0.25) is 9.89 Å². The Morgan fingerprint density at radius 2 is 1.90 bits per heavy atom. The number of nitrogens with one attached hydrogen (secondary N) is 2. The van der Waals surface area contributed by atoms with Crippen LogP contribution in [0.15, 0.2) is 17.1 Å². The van der Waals surface area contributed by atoms with Crippen LogP contribution in [0.25, 0.3) is 0 Å². The Balaban J connectivity index is 0.00000220. The van der Waals surface area contributed by atoms with Gasteiger partial charge in [0, 0.05) is 25.7 Å². The number of hydrogen-bond donors (Lipinski definition) is 2. The molecule has 5 heteroatoms. The first kappa shape index (κ1) is 18.7. The summed E-state index contributed by atoms with van der Waals surface area (Å²) in [5, 5.41) is 6.96. The molecule has 1 aliphatic carbocycles. The van der Waals surface area contributed by atoms with Gasteiger partial charge in [-0.2, -0.15) is 0 Å². The van der Waals surface area contributed by atoms with Gasteiger partial charge in [0.2, 0.25) is 0 Å². The highest BCUT2D eigenvalue weighted by atomic mass is 127. The van der Waals surface area contributed by atoms with Gasteiger partial charge in [-0.1, -0.05) is 19.1 Å². The molecule has 1 saturated heterocycles. The Kier molecular flexibility index (Phi) is 8.63. The number of rotatable bonds is 4. The standard InChI is InChI=1S/C16H30N4.HI/c1-13-8-10-20(11-9-13)14(2)12-18-16(17-3)19-15-6-4-5-7-15;/h4-5,13-15H,6-12H2,1-3H3,(H2,17,18,19);1H. The predicted molar refractivity (Wildman–Crippen MR) is 102 cm³/mol. The summed E-state index contributed by atoms with van der Waals surface area (Å²) in [5.74, 6) is 1.84. The third-order valence-electron chi connectivity index (χ3n) is 4.58. The van der Waals surface area contributed by atoms with Gasteiger partial charge in [0.1, 0.15) is 0 Å². The number of halogens is 1. The zero-order valence-electron chi connectivity index (χ0n) is 13.6. The quantitative estimate of drug-likeness (QED) is 0.326. The molecule has 1 aliphatic heterocycles. The third kappa shape index (κ3) is 6.14. The zero-order chi connectivity index (χ0) is 14.4. The maximum Gasteiger partial charge on any atom is 0.191 e. The lowest BCUT2D eigenvalue weighted by atomic mass is 9.98. The van der Waals surface area contributed by atoms with E-state index in [0.29, 0.717) is 12.1 Å². The monoisotopic (exact) mass is 406 g/mol. The topological polar surface area (TPSA) is 39.7 Å². The highest BCUT2D eigenvalue weighted by Crippen LogP contribution is 2.17. The number of likely N-dealkylation sites (tertiary alicyclic amines) is 1. The van der Waals surface area contributed by atoms with E-state index >= 15 is 0 Å². The van der Waals surface area contributed by atoms with Crippen molar-refractivity contribution in [2.45, 2.75) is 51.6 Å². The first-order chi connectivity index (χ1) is 9.69. The minimum atomic E-state index is 0. The third-order valence-corrected chi connectivity index (χ3v) is 4.58. The molecule has 2 aliphatic rings. The van der Waals surface area contributed by atoms with Crippen molar-refractivity contribution >= 4 is 29.9 Å². The second-order valence-corrected chi connectivity index (χ2v) is 6.30. The average Bonchev–Trinajstić information content (AvgIpc) is 2.96. The van der Waals surface area contributed by atoms with Crippen LogP contribution in [0, 0.1) is 5.92 Å². The van der Waals surface area contributed by atoms with Gasteiger partial charge in [0.25, 0.3) is 0 Å². The Labute approximate surface area is 146 Å². The van der Waals surface area contributed by atoms with Crippen LogP contribution in [-0.2, 0) is 0 Å². The van der Waals surface area contributed by atoms with Crippen LogP contribution in [0.1, 0.15) is 39.5 Å². The first-order valence-corrected chi connectivity index (χ1v) is 8.05. The molecular formula is C16H31IN4. The summed E-state index contributed by atoms with van der Waals surface area (Å²) in [6.07, 6.45) is 9.38. The Hall–Kier alpha value is -0.300. The summed E-state index contributed by atoms with van der Waals surface area (Å²) in [6.45, 7) is 8.12. The zero-order valence-corrected chi connectivity index (χ0v) is 16.0. The van der Waals surface area contributed by atoms with Crippen LogP contribution in [0.4, 0.5) is 0 Å². The van der Waals surface area contributed by atoms with Gasteiger partial charge in [-0.15, -0.1) is 24.0 Å². The van der Waals surface area contributed by atoms with E-state index in [1.54, 1.807) is 0 Å². The highest BCUT2D eigenvalue weighted by molar-refractivity contribution is 14.0. The van der Waals surface area contributed by atoms with Crippen molar-refractivity contribution in [3.63, 3.8) is 0 Å². The summed E-state index contributed by atoms with van der Waals surface area (Å²) >= 11 is 0. The van der Waals surface area contributed by atoms with E-state index in [0.717, 1.165) is 31.3 Å². The van der Waals surface area contributed by atoms with Crippen LogP contribution in [0.2, 0.25) is 0 Å². The van der Waals surface area contributed by atoms with E-state index in [4.69, 9.17) is 0 Å². The summed E-state index contributed by atoms with van der Waals surface area (Å²) in [7, 11) is 1.85. The molecule has 2 N–H and O–H groups in total. The van der Waals surface area contributed by atoms with E-state index in [1.807, 2.05) is 7.05 Å². The molecule has 1 atom stereocenters. The van der Waals surface area contributed by atoms with Gasteiger partial charge < -0.3 is 10.6 Å². The van der Waals surface area contributed by atoms with Gasteiger partial charge in [0.05, 0.1) is 0 Å². The van der Waals surface area contributed by atoms with Crippen molar-refractivity contribution in [1.82, 2.24) is 15.5 Å². The second kappa shape index (κ2) is 9.66. The van der Waals surface area contributed by atoms with E-state index in [9.17, 15) is 0 Å². The average molecular weight is 406 g/mol. The van der Waals surface area contributed by atoms with Gasteiger partial charge in [-0.05, 0) is 51.6 Å². The van der Waals surface area contributed by atoms with Crippen molar-refractivity contribution in [3.8, 4) is 0 Å². The van der Waals surface area contributed by atoms with E-state index in [2.05, 4.69) is 46.5 Å². The van der Waals surface area contributed by atoms with Crippen LogP contribution in [0.5, 0.6) is 0 Å². The van der Waals surface area contributed by atoms with Crippen LogP contribution < -0.4 is 10.6 Å². The molecule has 21 heavy (non-hydrogen) atoms. The van der Waals surface area contributed by atoms with Crippen LogP contribution >= 0.6 is 24.0 Å². The molecule has 122 valence electrons. The van der Waals surface area contributed by atoms with Crippen molar-refractivity contribution in [3.05, 3.63) is 12.2 Å². The molecule has 0 spiro atoms. The maximum absolute atomic E-state index is 4.33. The SMILES string of the molecule is CN=C(NCC(C)N1CCC(C)CC1)NC1CC=CC1.I. The fraction of sp³-hybridized carbons (Fsp3) is 0.812. The fourth-order valence-corrected chi connectivity index (χ4v) is 2.97. The second-order valence-electron chi connectivity index (χ2n) is 6.30. The van der Waals surface area contributed by atoms with E-state index in [-0.39, 0.29) is 24.0 Å². The van der Waals surface area contributed by atoms with Gasteiger partial charge >= 0.3 is 0 Å².